The Kier molecular flexibility index (Phi) is 38.1. The van der Waals surface area contributed by atoms with Gasteiger partial charge >= 0.3 is 19.8 Å². The van der Waals surface area contributed by atoms with E-state index in [2.05, 4.69) is 26.0 Å². The maximum absolute atomic E-state index is 12.6. The Morgan fingerprint density at radius 3 is 1.76 bits per heavy atom. The molecule has 2 unspecified atom stereocenters. The van der Waals surface area contributed by atoms with Crippen LogP contribution in [0.3, 0.4) is 0 Å². The first-order valence-electron chi connectivity index (χ1n) is 21.6. The summed E-state index contributed by atoms with van der Waals surface area (Å²) in [5.41, 5.74) is 5.33. The van der Waals surface area contributed by atoms with Crippen molar-refractivity contribution in [2.75, 3.05) is 26.4 Å². The number of rotatable bonds is 40. The highest BCUT2D eigenvalue weighted by Gasteiger charge is 2.26. The van der Waals surface area contributed by atoms with Crippen LogP contribution in [0.2, 0.25) is 0 Å². The van der Waals surface area contributed by atoms with Crippen LogP contribution in [0.1, 0.15) is 187 Å². The zero-order chi connectivity index (χ0) is 39.8. The van der Waals surface area contributed by atoms with Gasteiger partial charge in [0.1, 0.15) is 6.61 Å². The van der Waals surface area contributed by atoms with Crippen LogP contribution < -0.4 is 5.73 Å². The van der Waals surface area contributed by atoms with Crippen LogP contribution in [0.5, 0.6) is 0 Å². The van der Waals surface area contributed by atoms with Crippen molar-refractivity contribution in [3.63, 3.8) is 0 Å². The number of carbonyl (C=O) groups is 2. The fraction of sp³-hybridized carbons (Fsp3) is 0.814. The van der Waals surface area contributed by atoms with Crippen molar-refractivity contribution in [1.82, 2.24) is 0 Å². The summed E-state index contributed by atoms with van der Waals surface area (Å²) in [6.07, 6.45) is 39.2. The highest BCUT2D eigenvalue weighted by molar-refractivity contribution is 7.47. The predicted octanol–water partition coefficient (Wildman–Crippen LogP) is 11.1. The van der Waals surface area contributed by atoms with E-state index in [4.69, 9.17) is 24.3 Å². The van der Waals surface area contributed by atoms with E-state index in [1.807, 2.05) is 12.2 Å². The first kappa shape index (κ1) is 52.2. The molecule has 11 heteroatoms. The van der Waals surface area contributed by atoms with Crippen molar-refractivity contribution >= 4 is 19.8 Å². The first-order chi connectivity index (χ1) is 26.2. The standard InChI is InChI=1S/C43H80NO9P/c1-3-5-7-9-11-13-15-17-18-20-22-24-26-28-30-34-43(47)53-41(39-52-54(48,49)51-37-36-44)38-50-42(46)35-31-33-40(45)32-29-27-25-23-21-19-16-14-12-10-8-6-4-2/h19,21,25,27,29,32,40-41,45H,3-18,20,22-24,26,28,30-31,33-39,44H2,1-2H3,(H,48,49)/b21-19+,27-25+,32-29+/t40?,41-/m1/s1. The zero-order valence-electron chi connectivity index (χ0n) is 34.3. The minimum Gasteiger partial charge on any atom is -0.462 e. The zero-order valence-corrected chi connectivity index (χ0v) is 35.2. The fourth-order valence-corrected chi connectivity index (χ4v) is 6.64. The van der Waals surface area contributed by atoms with Gasteiger partial charge < -0.3 is 25.2 Å². The Morgan fingerprint density at radius 1 is 0.648 bits per heavy atom. The summed E-state index contributed by atoms with van der Waals surface area (Å²) in [7, 11) is -4.42. The molecule has 0 heterocycles. The molecule has 3 atom stereocenters. The number of ether oxygens (including phenoxy) is 2. The summed E-state index contributed by atoms with van der Waals surface area (Å²) in [5.74, 6) is -1.02. The van der Waals surface area contributed by atoms with Crippen molar-refractivity contribution < 1.29 is 42.7 Å². The third-order valence-electron chi connectivity index (χ3n) is 9.13. The molecular formula is C43H80NO9P. The lowest BCUT2D eigenvalue weighted by Gasteiger charge is -2.20. The van der Waals surface area contributed by atoms with Crippen LogP contribution in [0.4, 0.5) is 0 Å². The molecule has 54 heavy (non-hydrogen) atoms. The smallest absolute Gasteiger partial charge is 0.462 e. The van der Waals surface area contributed by atoms with E-state index in [1.54, 1.807) is 12.2 Å². The molecular weight excluding hydrogens is 705 g/mol. The summed E-state index contributed by atoms with van der Waals surface area (Å²) >= 11 is 0. The van der Waals surface area contributed by atoms with Gasteiger partial charge in [-0.1, -0.05) is 172 Å². The summed E-state index contributed by atoms with van der Waals surface area (Å²) in [4.78, 5) is 34.8. The molecule has 0 aliphatic rings. The summed E-state index contributed by atoms with van der Waals surface area (Å²) in [6.45, 7) is 3.52. The number of unbranched alkanes of at least 4 members (excludes halogenated alkanes) is 20. The number of hydrogen-bond acceptors (Lipinski definition) is 9. The fourth-order valence-electron chi connectivity index (χ4n) is 5.88. The van der Waals surface area contributed by atoms with E-state index in [1.165, 1.54) is 109 Å². The molecule has 0 saturated heterocycles. The van der Waals surface area contributed by atoms with Crippen molar-refractivity contribution in [2.45, 2.75) is 199 Å². The molecule has 0 aromatic carbocycles. The van der Waals surface area contributed by atoms with E-state index < -0.39 is 38.6 Å². The lowest BCUT2D eigenvalue weighted by atomic mass is 10.0. The van der Waals surface area contributed by atoms with Crippen LogP contribution in [-0.2, 0) is 32.7 Å². The van der Waals surface area contributed by atoms with E-state index in [0.717, 1.165) is 32.1 Å². The van der Waals surface area contributed by atoms with Crippen LogP contribution in [0.15, 0.2) is 36.5 Å². The topological polar surface area (TPSA) is 155 Å². The second kappa shape index (κ2) is 39.4. The molecule has 0 rings (SSSR count). The molecule has 0 amide bonds. The average molecular weight is 786 g/mol. The molecule has 0 aliphatic carbocycles. The van der Waals surface area contributed by atoms with Crippen molar-refractivity contribution in [2.24, 2.45) is 5.73 Å². The minimum absolute atomic E-state index is 0.0291. The van der Waals surface area contributed by atoms with Crippen molar-refractivity contribution in [3.05, 3.63) is 36.5 Å². The number of allylic oxidation sites excluding steroid dienone is 5. The van der Waals surface area contributed by atoms with Gasteiger partial charge in [0.2, 0.25) is 0 Å². The van der Waals surface area contributed by atoms with Gasteiger partial charge in [-0.3, -0.25) is 18.6 Å². The second-order valence-electron chi connectivity index (χ2n) is 14.4. The van der Waals surface area contributed by atoms with Gasteiger partial charge in [0.15, 0.2) is 6.10 Å². The predicted molar refractivity (Wildman–Crippen MR) is 221 cm³/mol. The van der Waals surface area contributed by atoms with Crippen LogP contribution >= 0.6 is 7.82 Å². The van der Waals surface area contributed by atoms with Gasteiger partial charge in [0.05, 0.1) is 19.3 Å². The monoisotopic (exact) mass is 786 g/mol. The normalized spacial score (nSPS) is 14.2. The van der Waals surface area contributed by atoms with E-state index in [-0.39, 0.29) is 32.6 Å². The maximum Gasteiger partial charge on any atom is 0.472 e. The van der Waals surface area contributed by atoms with E-state index in [0.29, 0.717) is 19.3 Å². The van der Waals surface area contributed by atoms with Crippen LogP contribution in [0, 0.1) is 0 Å². The van der Waals surface area contributed by atoms with Gasteiger partial charge in [-0.15, -0.1) is 0 Å². The minimum atomic E-state index is -4.42. The number of nitrogens with two attached hydrogens (primary N) is 1. The molecule has 4 N–H and O–H groups in total. The van der Waals surface area contributed by atoms with Crippen LogP contribution in [0.25, 0.3) is 0 Å². The third kappa shape index (κ3) is 38.5. The van der Waals surface area contributed by atoms with E-state index >= 15 is 0 Å². The first-order valence-corrected chi connectivity index (χ1v) is 23.1. The molecule has 0 aromatic heterocycles. The highest BCUT2D eigenvalue weighted by Crippen LogP contribution is 2.43. The molecule has 0 aliphatic heterocycles. The number of hydrogen-bond donors (Lipinski definition) is 3. The lowest BCUT2D eigenvalue weighted by Crippen LogP contribution is -2.29. The quantitative estimate of drug-likeness (QED) is 0.0180. The van der Waals surface area contributed by atoms with Gasteiger partial charge in [0.25, 0.3) is 0 Å². The number of aliphatic hydroxyl groups excluding tert-OH is 1. The summed E-state index contributed by atoms with van der Waals surface area (Å²) in [6, 6.07) is 0. The van der Waals surface area contributed by atoms with Gasteiger partial charge in [0, 0.05) is 19.4 Å². The Balaban J connectivity index is 4.33. The molecule has 10 nitrogen and oxygen atoms in total. The van der Waals surface area contributed by atoms with Gasteiger partial charge in [-0.05, 0) is 38.5 Å². The Hall–Kier alpha value is -1.81. The molecule has 316 valence electrons. The number of aliphatic hydroxyl groups is 1. The van der Waals surface area contributed by atoms with Gasteiger partial charge in [-0.2, -0.15) is 0 Å². The summed E-state index contributed by atoms with van der Waals surface area (Å²) in [5, 5.41) is 10.2. The number of esters is 2. The second-order valence-corrected chi connectivity index (χ2v) is 15.9. The lowest BCUT2D eigenvalue weighted by molar-refractivity contribution is -0.161. The number of phosphoric ester groups is 1. The van der Waals surface area contributed by atoms with Crippen LogP contribution in [-0.4, -0.2) is 60.5 Å². The Morgan fingerprint density at radius 2 is 1.19 bits per heavy atom. The Labute approximate surface area is 329 Å². The van der Waals surface area contributed by atoms with E-state index in [9.17, 15) is 24.2 Å². The Bertz CT molecular complexity index is 1000. The summed E-state index contributed by atoms with van der Waals surface area (Å²) < 4.78 is 32.6. The average Bonchev–Trinajstić information content (AvgIpc) is 3.15. The molecule has 0 fully saturated rings. The van der Waals surface area contributed by atoms with Gasteiger partial charge in [-0.25, -0.2) is 4.57 Å². The number of phosphoric acid groups is 1. The molecule has 0 bridgehead atoms. The molecule has 0 radical (unpaired) electrons. The third-order valence-corrected chi connectivity index (χ3v) is 10.1. The van der Waals surface area contributed by atoms with Crippen molar-refractivity contribution in [3.8, 4) is 0 Å². The number of carbonyl (C=O) groups excluding carboxylic acids is 2. The molecule has 0 spiro atoms. The van der Waals surface area contributed by atoms with Crippen molar-refractivity contribution in [1.29, 1.82) is 0 Å². The molecule has 0 aromatic rings. The molecule has 0 saturated carbocycles. The largest absolute Gasteiger partial charge is 0.472 e. The highest BCUT2D eigenvalue weighted by atomic mass is 31.2. The maximum atomic E-state index is 12.6. The SMILES string of the molecule is CCCCCCCC/C=C/C/C=C/C=C/C(O)CCCC(=O)OC[C@H](COP(=O)(O)OCCN)OC(=O)CCCCCCCCCCCCCCCCC.